The molecule has 7 heteroatoms. The quantitative estimate of drug-likeness (QED) is 0.878. The van der Waals surface area contributed by atoms with Crippen LogP contribution in [-0.4, -0.2) is 32.5 Å². The second kappa shape index (κ2) is 7.19. The van der Waals surface area contributed by atoms with Crippen LogP contribution in [0.25, 0.3) is 0 Å². The molecular formula is C12H20ClN3O2S. The summed E-state index contributed by atoms with van der Waals surface area (Å²) < 4.78 is 27.2. The number of nitrogens with one attached hydrogen (secondary N) is 2. The average Bonchev–Trinajstić information content (AvgIpc) is 2.39. The molecule has 0 amide bonds. The van der Waals surface area contributed by atoms with E-state index in [1.807, 2.05) is 0 Å². The Bertz CT molecular complexity index is 475. The number of pyridine rings is 1. The van der Waals surface area contributed by atoms with E-state index in [1.165, 1.54) is 0 Å². The molecule has 1 atom stereocenters. The molecule has 2 rings (SSSR count). The highest BCUT2D eigenvalue weighted by Gasteiger charge is 2.27. The second-order valence-electron chi connectivity index (χ2n) is 4.58. The molecule has 19 heavy (non-hydrogen) atoms. The Balaban J connectivity index is 0.00000180. The lowest BCUT2D eigenvalue weighted by Crippen LogP contribution is -2.43. The van der Waals surface area contributed by atoms with Crippen LogP contribution in [0, 0.1) is 0 Å². The summed E-state index contributed by atoms with van der Waals surface area (Å²) in [5, 5.41) is 2.60. The van der Waals surface area contributed by atoms with E-state index >= 15 is 0 Å². The lowest BCUT2D eigenvalue weighted by Gasteiger charge is -2.25. The number of aromatic nitrogens is 1. The van der Waals surface area contributed by atoms with Gasteiger partial charge in [-0.05, 0) is 45.0 Å². The van der Waals surface area contributed by atoms with Gasteiger partial charge in [0.25, 0.3) is 0 Å². The summed E-state index contributed by atoms with van der Waals surface area (Å²) in [7, 11) is -3.35. The Morgan fingerprint density at radius 3 is 2.63 bits per heavy atom. The molecular weight excluding hydrogens is 286 g/mol. The molecule has 2 heterocycles. The average molecular weight is 306 g/mol. The molecule has 1 unspecified atom stereocenters. The van der Waals surface area contributed by atoms with E-state index in [2.05, 4.69) is 15.0 Å². The first-order chi connectivity index (χ1) is 8.59. The molecule has 0 bridgehead atoms. The molecule has 1 fully saturated rings. The van der Waals surface area contributed by atoms with E-state index in [4.69, 9.17) is 0 Å². The third-order valence-electron chi connectivity index (χ3n) is 3.24. The molecule has 0 radical (unpaired) electrons. The van der Waals surface area contributed by atoms with Gasteiger partial charge in [-0.1, -0.05) is 6.07 Å². The highest BCUT2D eigenvalue weighted by Crippen LogP contribution is 2.19. The molecule has 0 saturated carbocycles. The molecule has 0 aromatic carbocycles. The number of rotatable bonds is 4. The third-order valence-corrected chi connectivity index (χ3v) is 5.07. The van der Waals surface area contributed by atoms with E-state index < -0.39 is 15.3 Å². The first-order valence-electron chi connectivity index (χ1n) is 6.22. The number of hydrogen-bond acceptors (Lipinski definition) is 4. The van der Waals surface area contributed by atoms with E-state index in [-0.39, 0.29) is 18.4 Å². The van der Waals surface area contributed by atoms with Crippen molar-refractivity contribution in [3.63, 3.8) is 0 Å². The predicted octanol–water partition coefficient (Wildman–Crippen LogP) is 1.24. The van der Waals surface area contributed by atoms with Crippen LogP contribution < -0.4 is 10.0 Å². The fourth-order valence-electron chi connectivity index (χ4n) is 2.05. The van der Waals surface area contributed by atoms with Gasteiger partial charge in [0.1, 0.15) is 5.25 Å². The summed E-state index contributed by atoms with van der Waals surface area (Å²) >= 11 is 0. The standard InChI is InChI=1S/C12H19N3O2S.ClH/c1-10(12-4-2-3-7-14-12)18(16,17)15-11-5-8-13-9-6-11;/h2-4,7,10-11,13,15H,5-6,8-9H2,1H3;1H. The minimum atomic E-state index is -3.35. The summed E-state index contributed by atoms with van der Waals surface area (Å²) in [4.78, 5) is 4.11. The first-order valence-corrected chi connectivity index (χ1v) is 7.77. The smallest absolute Gasteiger partial charge is 0.220 e. The summed E-state index contributed by atoms with van der Waals surface area (Å²) in [6, 6.07) is 5.37. The molecule has 0 spiro atoms. The molecule has 1 aromatic rings. The topological polar surface area (TPSA) is 71.1 Å². The van der Waals surface area contributed by atoms with Crippen molar-refractivity contribution in [2.24, 2.45) is 0 Å². The Hall–Kier alpha value is -0.690. The number of nitrogens with zero attached hydrogens (tertiary/aromatic N) is 1. The lowest BCUT2D eigenvalue weighted by molar-refractivity contribution is 0.425. The zero-order valence-electron chi connectivity index (χ0n) is 10.9. The minimum Gasteiger partial charge on any atom is -0.317 e. The normalized spacial score (nSPS) is 18.6. The Morgan fingerprint density at radius 1 is 1.37 bits per heavy atom. The van der Waals surface area contributed by atoms with E-state index in [1.54, 1.807) is 31.3 Å². The van der Waals surface area contributed by atoms with E-state index in [0.717, 1.165) is 25.9 Å². The van der Waals surface area contributed by atoms with Crippen molar-refractivity contribution < 1.29 is 8.42 Å². The van der Waals surface area contributed by atoms with Gasteiger partial charge in [-0.15, -0.1) is 12.4 Å². The molecule has 1 aliphatic rings. The fourth-order valence-corrected chi connectivity index (χ4v) is 3.41. The van der Waals surface area contributed by atoms with Crippen molar-refractivity contribution >= 4 is 22.4 Å². The van der Waals surface area contributed by atoms with Crippen LogP contribution in [0.15, 0.2) is 24.4 Å². The van der Waals surface area contributed by atoms with Crippen molar-refractivity contribution in [3.8, 4) is 0 Å². The van der Waals surface area contributed by atoms with Crippen molar-refractivity contribution in [1.29, 1.82) is 0 Å². The molecule has 1 saturated heterocycles. The van der Waals surface area contributed by atoms with Gasteiger partial charge in [-0.25, -0.2) is 13.1 Å². The third kappa shape index (κ3) is 4.42. The number of halogens is 1. The monoisotopic (exact) mass is 305 g/mol. The molecule has 5 nitrogen and oxygen atoms in total. The van der Waals surface area contributed by atoms with Gasteiger partial charge in [0.15, 0.2) is 0 Å². The van der Waals surface area contributed by atoms with Gasteiger partial charge in [-0.2, -0.15) is 0 Å². The van der Waals surface area contributed by atoms with Crippen LogP contribution in [0.4, 0.5) is 0 Å². The maximum absolute atomic E-state index is 12.2. The highest BCUT2D eigenvalue weighted by molar-refractivity contribution is 7.89. The van der Waals surface area contributed by atoms with Crippen molar-refractivity contribution in [2.45, 2.75) is 31.1 Å². The Morgan fingerprint density at radius 2 is 2.05 bits per heavy atom. The maximum atomic E-state index is 12.2. The maximum Gasteiger partial charge on any atom is 0.220 e. The Kier molecular flexibility index (Phi) is 6.19. The second-order valence-corrected chi connectivity index (χ2v) is 6.62. The van der Waals surface area contributed by atoms with Crippen molar-refractivity contribution in [3.05, 3.63) is 30.1 Å². The summed E-state index contributed by atoms with van der Waals surface area (Å²) in [5.74, 6) is 0. The minimum absolute atomic E-state index is 0. The van der Waals surface area contributed by atoms with Gasteiger partial charge >= 0.3 is 0 Å². The number of hydrogen-bond donors (Lipinski definition) is 2. The number of sulfonamides is 1. The lowest BCUT2D eigenvalue weighted by atomic mass is 10.1. The van der Waals surface area contributed by atoms with Crippen LogP contribution in [0.5, 0.6) is 0 Å². The van der Waals surface area contributed by atoms with Gasteiger partial charge in [0.05, 0.1) is 5.69 Å². The van der Waals surface area contributed by atoms with Crippen molar-refractivity contribution in [2.75, 3.05) is 13.1 Å². The highest BCUT2D eigenvalue weighted by atomic mass is 35.5. The SMILES string of the molecule is CC(c1ccccn1)S(=O)(=O)NC1CCNCC1.Cl. The van der Waals surface area contributed by atoms with Gasteiger partial charge in [-0.3, -0.25) is 4.98 Å². The van der Waals surface area contributed by atoms with Gasteiger partial charge in [0.2, 0.25) is 10.0 Å². The van der Waals surface area contributed by atoms with E-state index in [9.17, 15) is 8.42 Å². The van der Waals surface area contributed by atoms with Crippen LogP contribution >= 0.6 is 12.4 Å². The summed E-state index contributed by atoms with van der Waals surface area (Å²) in [5.41, 5.74) is 0.582. The zero-order chi connectivity index (χ0) is 13.0. The molecule has 108 valence electrons. The van der Waals surface area contributed by atoms with Gasteiger partial charge in [0, 0.05) is 12.2 Å². The summed E-state index contributed by atoms with van der Waals surface area (Å²) in [6.07, 6.45) is 3.30. The molecule has 2 N–H and O–H groups in total. The first kappa shape index (κ1) is 16.4. The van der Waals surface area contributed by atoms with Crippen molar-refractivity contribution in [1.82, 2.24) is 15.0 Å². The Labute approximate surface area is 120 Å². The van der Waals surface area contributed by atoms with Crippen LogP contribution in [-0.2, 0) is 10.0 Å². The van der Waals surface area contributed by atoms with E-state index in [0.29, 0.717) is 5.69 Å². The summed E-state index contributed by atoms with van der Waals surface area (Å²) in [6.45, 7) is 3.40. The fraction of sp³-hybridized carbons (Fsp3) is 0.583. The van der Waals surface area contributed by atoms with Gasteiger partial charge < -0.3 is 5.32 Å². The van der Waals surface area contributed by atoms with Crippen LogP contribution in [0.3, 0.4) is 0 Å². The number of piperidine rings is 1. The molecule has 1 aromatic heterocycles. The largest absolute Gasteiger partial charge is 0.317 e. The zero-order valence-corrected chi connectivity index (χ0v) is 12.5. The predicted molar refractivity (Wildman–Crippen MR) is 77.8 cm³/mol. The molecule has 1 aliphatic heterocycles. The molecule has 0 aliphatic carbocycles. The van der Waals surface area contributed by atoms with Crippen LogP contribution in [0.1, 0.15) is 30.7 Å². The van der Waals surface area contributed by atoms with Crippen LogP contribution in [0.2, 0.25) is 0 Å².